The number of aromatic nitrogens is 2. The summed E-state index contributed by atoms with van der Waals surface area (Å²) < 4.78 is 25.9. The van der Waals surface area contributed by atoms with Crippen LogP contribution in [0.5, 0.6) is 0 Å². The predicted octanol–water partition coefficient (Wildman–Crippen LogP) is 4.99. The van der Waals surface area contributed by atoms with Crippen LogP contribution in [0.3, 0.4) is 0 Å². The number of carbonyl (C=O) groups is 1. The van der Waals surface area contributed by atoms with Gasteiger partial charge in [-0.2, -0.15) is 0 Å². The Morgan fingerprint density at radius 2 is 1.91 bits per heavy atom. The first-order chi connectivity index (χ1) is 15.8. The first-order valence-electron chi connectivity index (χ1n) is 9.69. The minimum atomic E-state index is -3.65. The van der Waals surface area contributed by atoms with Gasteiger partial charge in [-0.15, -0.1) is 11.3 Å². The second-order valence-electron chi connectivity index (χ2n) is 7.14. The molecule has 0 saturated heterocycles. The van der Waals surface area contributed by atoms with Gasteiger partial charge in [0.1, 0.15) is 16.2 Å². The standard InChI is InChI=1S/C22H19ClN4O3S3/c1-27(2)33(29,30)15-8-9-17(23)18(10-15)26-19(28)12-32-22-20-16(14-6-4-3-5-7-14)11-31-21(20)24-13-25-22/h3-11,13H,12H2,1-2H3,(H,26,28). The fraction of sp³-hybridized carbons (Fsp3) is 0.136. The molecule has 0 atom stereocenters. The third-order valence-electron chi connectivity index (χ3n) is 4.75. The molecule has 4 aromatic rings. The molecule has 2 aromatic carbocycles. The summed E-state index contributed by atoms with van der Waals surface area (Å²) in [6.07, 6.45) is 1.49. The molecule has 1 N–H and O–H groups in total. The number of benzene rings is 2. The van der Waals surface area contributed by atoms with E-state index in [0.29, 0.717) is 5.03 Å². The summed E-state index contributed by atoms with van der Waals surface area (Å²) in [6.45, 7) is 0. The molecule has 2 aromatic heterocycles. The molecule has 33 heavy (non-hydrogen) atoms. The SMILES string of the molecule is CN(C)S(=O)(=O)c1ccc(Cl)c(NC(=O)CSc2ncnc3scc(-c4ccccc4)c23)c1. The van der Waals surface area contributed by atoms with Gasteiger partial charge in [0.05, 0.1) is 26.7 Å². The summed E-state index contributed by atoms with van der Waals surface area (Å²) in [4.78, 5) is 22.3. The fourth-order valence-corrected chi connectivity index (χ4v) is 5.97. The minimum absolute atomic E-state index is 0.0446. The van der Waals surface area contributed by atoms with E-state index in [1.807, 2.05) is 35.7 Å². The largest absolute Gasteiger partial charge is 0.324 e. The maximum Gasteiger partial charge on any atom is 0.242 e. The Labute approximate surface area is 204 Å². The van der Waals surface area contributed by atoms with Crippen LogP contribution in [0.1, 0.15) is 0 Å². The number of nitrogens with zero attached hydrogens (tertiary/aromatic N) is 3. The molecule has 0 unspecified atom stereocenters. The van der Waals surface area contributed by atoms with Crippen molar-refractivity contribution in [1.82, 2.24) is 14.3 Å². The average Bonchev–Trinajstić information content (AvgIpc) is 3.24. The van der Waals surface area contributed by atoms with Gasteiger partial charge in [0.2, 0.25) is 15.9 Å². The molecule has 0 bridgehead atoms. The van der Waals surface area contributed by atoms with Crippen molar-refractivity contribution in [3.05, 3.63) is 65.3 Å². The smallest absolute Gasteiger partial charge is 0.242 e. The Bertz CT molecular complexity index is 1420. The van der Waals surface area contributed by atoms with Gasteiger partial charge in [-0.1, -0.05) is 53.7 Å². The van der Waals surface area contributed by atoms with Crippen molar-refractivity contribution in [3.63, 3.8) is 0 Å². The van der Waals surface area contributed by atoms with E-state index in [0.717, 1.165) is 25.6 Å². The van der Waals surface area contributed by atoms with E-state index in [1.54, 1.807) is 0 Å². The molecule has 0 saturated carbocycles. The number of nitrogens with one attached hydrogen (secondary N) is 1. The molecule has 1 amide bonds. The summed E-state index contributed by atoms with van der Waals surface area (Å²) in [7, 11) is -0.774. The monoisotopic (exact) mass is 518 g/mol. The van der Waals surface area contributed by atoms with Crippen LogP contribution in [0.25, 0.3) is 21.3 Å². The first-order valence-corrected chi connectivity index (χ1v) is 13.4. The molecule has 170 valence electrons. The van der Waals surface area contributed by atoms with Gasteiger partial charge in [-0.05, 0) is 23.8 Å². The third kappa shape index (κ3) is 5.04. The number of hydrogen-bond acceptors (Lipinski definition) is 7. The summed E-state index contributed by atoms with van der Waals surface area (Å²) in [6, 6.07) is 14.1. The lowest BCUT2D eigenvalue weighted by Gasteiger charge is -2.14. The highest BCUT2D eigenvalue weighted by molar-refractivity contribution is 8.00. The Balaban J connectivity index is 1.54. The Kier molecular flexibility index (Phi) is 7.01. The molecule has 0 fully saturated rings. The minimum Gasteiger partial charge on any atom is -0.324 e. The Morgan fingerprint density at radius 1 is 1.15 bits per heavy atom. The first kappa shape index (κ1) is 23.7. The molecule has 0 spiro atoms. The van der Waals surface area contributed by atoms with Crippen molar-refractivity contribution >= 4 is 66.5 Å². The number of halogens is 1. The van der Waals surface area contributed by atoms with Gasteiger partial charge in [-0.25, -0.2) is 22.7 Å². The van der Waals surface area contributed by atoms with Gasteiger partial charge in [0.15, 0.2) is 0 Å². The van der Waals surface area contributed by atoms with E-state index in [4.69, 9.17) is 11.6 Å². The van der Waals surface area contributed by atoms with Gasteiger partial charge in [0, 0.05) is 25.0 Å². The zero-order chi connectivity index (χ0) is 23.6. The van der Waals surface area contributed by atoms with Crippen molar-refractivity contribution in [1.29, 1.82) is 0 Å². The third-order valence-corrected chi connectivity index (χ3v) is 8.77. The molecule has 0 radical (unpaired) electrons. The lowest BCUT2D eigenvalue weighted by Crippen LogP contribution is -2.22. The quantitative estimate of drug-likeness (QED) is 0.273. The summed E-state index contributed by atoms with van der Waals surface area (Å²) in [5, 5.41) is 6.60. The van der Waals surface area contributed by atoms with Crippen LogP contribution in [0.15, 0.2) is 70.2 Å². The van der Waals surface area contributed by atoms with Crippen LogP contribution in [-0.4, -0.2) is 48.4 Å². The van der Waals surface area contributed by atoms with Crippen LogP contribution in [0.2, 0.25) is 5.02 Å². The molecular weight excluding hydrogens is 500 g/mol. The van der Waals surface area contributed by atoms with Gasteiger partial charge < -0.3 is 5.32 Å². The van der Waals surface area contributed by atoms with Crippen LogP contribution in [-0.2, 0) is 14.8 Å². The Morgan fingerprint density at radius 3 is 2.64 bits per heavy atom. The topological polar surface area (TPSA) is 92.3 Å². The number of thioether (sulfide) groups is 1. The van der Waals surface area contributed by atoms with E-state index in [-0.39, 0.29) is 27.3 Å². The lowest BCUT2D eigenvalue weighted by molar-refractivity contribution is -0.113. The zero-order valence-electron chi connectivity index (χ0n) is 17.6. The van der Waals surface area contributed by atoms with Crippen molar-refractivity contribution in [2.24, 2.45) is 0 Å². The molecule has 11 heteroatoms. The lowest BCUT2D eigenvalue weighted by atomic mass is 10.1. The highest BCUT2D eigenvalue weighted by Gasteiger charge is 2.20. The van der Waals surface area contributed by atoms with E-state index in [1.165, 1.54) is 61.7 Å². The molecular formula is C22H19ClN4O3S3. The van der Waals surface area contributed by atoms with Crippen molar-refractivity contribution in [2.75, 3.05) is 25.2 Å². The normalized spacial score (nSPS) is 11.8. The highest BCUT2D eigenvalue weighted by Crippen LogP contribution is 2.37. The maximum absolute atomic E-state index is 12.7. The summed E-state index contributed by atoms with van der Waals surface area (Å²) in [5.41, 5.74) is 2.30. The number of amides is 1. The molecule has 0 aliphatic heterocycles. The van der Waals surface area contributed by atoms with E-state index in [9.17, 15) is 13.2 Å². The number of sulfonamides is 1. The summed E-state index contributed by atoms with van der Waals surface area (Å²) >= 11 is 9.00. The van der Waals surface area contributed by atoms with Gasteiger partial charge >= 0.3 is 0 Å². The molecule has 4 rings (SSSR count). The number of anilines is 1. The van der Waals surface area contributed by atoms with Crippen LogP contribution >= 0.6 is 34.7 Å². The average molecular weight is 519 g/mol. The van der Waals surface area contributed by atoms with Crippen LogP contribution in [0.4, 0.5) is 5.69 Å². The van der Waals surface area contributed by atoms with E-state index in [2.05, 4.69) is 15.3 Å². The van der Waals surface area contributed by atoms with Gasteiger partial charge in [0.25, 0.3) is 0 Å². The van der Waals surface area contributed by atoms with Crippen molar-refractivity contribution in [3.8, 4) is 11.1 Å². The van der Waals surface area contributed by atoms with Crippen LogP contribution < -0.4 is 5.32 Å². The van der Waals surface area contributed by atoms with Gasteiger partial charge in [-0.3, -0.25) is 4.79 Å². The van der Waals surface area contributed by atoms with Crippen LogP contribution in [0, 0.1) is 0 Å². The number of carbonyl (C=O) groups excluding carboxylic acids is 1. The van der Waals surface area contributed by atoms with Crippen molar-refractivity contribution in [2.45, 2.75) is 9.92 Å². The maximum atomic E-state index is 12.7. The highest BCUT2D eigenvalue weighted by atomic mass is 35.5. The second-order valence-corrected chi connectivity index (χ2v) is 11.5. The van der Waals surface area contributed by atoms with E-state index >= 15 is 0 Å². The second kappa shape index (κ2) is 9.78. The van der Waals surface area contributed by atoms with Crippen molar-refractivity contribution < 1.29 is 13.2 Å². The zero-order valence-corrected chi connectivity index (χ0v) is 20.9. The molecule has 7 nitrogen and oxygen atoms in total. The van der Waals surface area contributed by atoms with E-state index < -0.39 is 10.0 Å². The summed E-state index contributed by atoms with van der Waals surface area (Å²) in [5.74, 6) is -0.262. The number of hydrogen-bond donors (Lipinski definition) is 1. The number of fused-ring (bicyclic) bond motifs is 1. The molecule has 2 heterocycles. The predicted molar refractivity (Wildman–Crippen MR) is 135 cm³/mol. The number of rotatable bonds is 7. The molecule has 0 aliphatic carbocycles. The Hall–Kier alpha value is -2.50. The molecule has 0 aliphatic rings. The number of thiophene rings is 1. The fourth-order valence-electron chi connectivity index (χ4n) is 3.08.